The fourth-order valence-corrected chi connectivity index (χ4v) is 2.45. The summed E-state index contributed by atoms with van der Waals surface area (Å²) in [5, 5.41) is 0. The minimum atomic E-state index is -0.556. The number of ether oxygens (including phenoxy) is 1. The Bertz CT molecular complexity index is 423. The molecule has 1 saturated heterocycles. The molecule has 0 unspecified atom stereocenters. The van der Waals surface area contributed by atoms with E-state index < -0.39 is 11.6 Å². The zero-order chi connectivity index (χ0) is 13.1. The molecule has 0 radical (unpaired) electrons. The zero-order valence-corrected chi connectivity index (χ0v) is 12.9. The molecule has 1 aromatic rings. The van der Waals surface area contributed by atoms with Crippen LogP contribution >= 0.6 is 24.8 Å². The van der Waals surface area contributed by atoms with Gasteiger partial charge in [-0.3, -0.25) is 4.90 Å². The van der Waals surface area contributed by atoms with Crippen molar-refractivity contribution in [1.82, 2.24) is 4.90 Å². The number of methoxy groups -OCH3 is 1. The van der Waals surface area contributed by atoms with Crippen molar-refractivity contribution in [2.75, 3.05) is 33.4 Å². The van der Waals surface area contributed by atoms with Gasteiger partial charge in [-0.15, -0.1) is 24.8 Å². The molecule has 2 atom stereocenters. The molecule has 1 aliphatic rings. The summed E-state index contributed by atoms with van der Waals surface area (Å²) in [4.78, 5) is 2.14. The van der Waals surface area contributed by atoms with Crippen molar-refractivity contribution in [2.45, 2.75) is 12.0 Å². The molecule has 2 rings (SSSR count). The van der Waals surface area contributed by atoms with Crippen LogP contribution in [0.3, 0.4) is 0 Å². The summed E-state index contributed by atoms with van der Waals surface area (Å²) in [6, 6.07) is 3.57. The Morgan fingerprint density at radius 2 is 2.00 bits per heavy atom. The SMILES string of the molecule is COCCN1C[C@@H](N)[C@H](c2ccc(F)cc2F)C1.Cl.Cl. The second-order valence-electron chi connectivity index (χ2n) is 4.69. The molecule has 0 aromatic heterocycles. The van der Waals surface area contributed by atoms with E-state index >= 15 is 0 Å². The number of benzene rings is 1. The fourth-order valence-electron chi connectivity index (χ4n) is 2.45. The summed E-state index contributed by atoms with van der Waals surface area (Å²) in [7, 11) is 1.65. The molecule has 1 aromatic carbocycles. The molecule has 0 amide bonds. The van der Waals surface area contributed by atoms with E-state index in [1.54, 1.807) is 7.11 Å². The predicted molar refractivity (Wildman–Crippen MR) is 79.9 cm³/mol. The number of hydrogen-bond donors (Lipinski definition) is 1. The molecule has 0 spiro atoms. The van der Waals surface area contributed by atoms with E-state index in [4.69, 9.17) is 10.5 Å². The Kier molecular flexibility index (Phi) is 8.54. The maximum atomic E-state index is 13.7. The summed E-state index contributed by atoms with van der Waals surface area (Å²) in [6.07, 6.45) is 0. The van der Waals surface area contributed by atoms with Crippen LogP contribution in [0.15, 0.2) is 18.2 Å². The van der Waals surface area contributed by atoms with Crippen molar-refractivity contribution in [3.63, 3.8) is 0 Å². The van der Waals surface area contributed by atoms with Crippen molar-refractivity contribution < 1.29 is 13.5 Å². The zero-order valence-electron chi connectivity index (χ0n) is 11.2. The van der Waals surface area contributed by atoms with Crippen LogP contribution in [-0.4, -0.2) is 44.3 Å². The Labute approximate surface area is 130 Å². The fraction of sp³-hybridized carbons (Fsp3) is 0.538. The first-order chi connectivity index (χ1) is 8.61. The molecule has 1 heterocycles. The van der Waals surface area contributed by atoms with Crippen molar-refractivity contribution in [1.29, 1.82) is 0 Å². The average molecular weight is 329 g/mol. The lowest BCUT2D eigenvalue weighted by molar-refractivity contribution is 0.159. The highest BCUT2D eigenvalue weighted by atomic mass is 35.5. The number of likely N-dealkylation sites (tertiary alicyclic amines) is 1. The van der Waals surface area contributed by atoms with E-state index in [1.807, 2.05) is 0 Å². The monoisotopic (exact) mass is 328 g/mol. The Hall–Kier alpha value is -0.460. The van der Waals surface area contributed by atoms with Crippen LogP contribution in [0.25, 0.3) is 0 Å². The maximum Gasteiger partial charge on any atom is 0.129 e. The van der Waals surface area contributed by atoms with Gasteiger partial charge in [-0.05, 0) is 11.6 Å². The lowest BCUT2D eigenvalue weighted by Crippen LogP contribution is -2.30. The van der Waals surface area contributed by atoms with Gasteiger partial charge in [0.1, 0.15) is 11.6 Å². The first kappa shape index (κ1) is 19.5. The average Bonchev–Trinajstić information content (AvgIpc) is 2.68. The lowest BCUT2D eigenvalue weighted by Gasteiger charge is -2.16. The van der Waals surface area contributed by atoms with Crippen LogP contribution in [0.4, 0.5) is 8.78 Å². The number of nitrogens with two attached hydrogens (primary N) is 1. The quantitative estimate of drug-likeness (QED) is 0.920. The maximum absolute atomic E-state index is 13.7. The molecule has 20 heavy (non-hydrogen) atoms. The van der Waals surface area contributed by atoms with Crippen molar-refractivity contribution >= 4 is 24.8 Å². The molecule has 1 fully saturated rings. The highest BCUT2D eigenvalue weighted by Crippen LogP contribution is 2.28. The summed E-state index contributed by atoms with van der Waals surface area (Å²) in [6.45, 7) is 2.81. The van der Waals surface area contributed by atoms with Crippen LogP contribution < -0.4 is 5.73 Å². The van der Waals surface area contributed by atoms with Crippen LogP contribution in [0.2, 0.25) is 0 Å². The lowest BCUT2D eigenvalue weighted by atomic mass is 9.94. The minimum Gasteiger partial charge on any atom is -0.383 e. The number of rotatable bonds is 4. The molecular weight excluding hydrogens is 309 g/mol. The van der Waals surface area contributed by atoms with Gasteiger partial charge in [-0.25, -0.2) is 8.78 Å². The van der Waals surface area contributed by atoms with E-state index in [0.717, 1.165) is 12.6 Å². The molecule has 0 saturated carbocycles. The van der Waals surface area contributed by atoms with Crippen LogP contribution in [0.5, 0.6) is 0 Å². The third kappa shape index (κ3) is 4.53. The molecule has 3 nitrogen and oxygen atoms in total. The standard InChI is InChI=1S/C13H18F2N2O.2ClH/c1-18-5-4-17-7-11(13(16)8-17)10-3-2-9(14)6-12(10)15;;/h2-3,6,11,13H,4-5,7-8,16H2,1H3;2*1H/t11-,13+;;/m0../s1. The first-order valence-corrected chi connectivity index (χ1v) is 6.03. The highest BCUT2D eigenvalue weighted by Gasteiger charge is 2.32. The molecule has 2 N–H and O–H groups in total. The predicted octanol–water partition coefficient (Wildman–Crippen LogP) is 2.18. The van der Waals surface area contributed by atoms with Crippen LogP contribution in [-0.2, 0) is 4.74 Å². The normalized spacial score (nSPS) is 22.2. The van der Waals surface area contributed by atoms with Gasteiger partial charge < -0.3 is 10.5 Å². The largest absolute Gasteiger partial charge is 0.383 e. The minimum absolute atomic E-state index is 0. The molecule has 1 aliphatic heterocycles. The third-order valence-electron chi connectivity index (χ3n) is 3.41. The summed E-state index contributed by atoms with van der Waals surface area (Å²) in [5.74, 6) is -1.15. The Balaban J connectivity index is 0.00000180. The van der Waals surface area contributed by atoms with Crippen LogP contribution in [0, 0.1) is 11.6 Å². The molecule has 7 heteroatoms. The van der Waals surface area contributed by atoms with Gasteiger partial charge in [0.25, 0.3) is 0 Å². The van der Waals surface area contributed by atoms with E-state index in [2.05, 4.69) is 4.90 Å². The second kappa shape index (κ2) is 8.74. The summed E-state index contributed by atoms with van der Waals surface area (Å²) < 4.78 is 31.6. The van der Waals surface area contributed by atoms with Gasteiger partial charge in [-0.1, -0.05) is 6.07 Å². The third-order valence-corrected chi connectivity index (χ3v) is 3.41. The van der Waals surface area contributed by atoms with Crippen molar-refractivity contribution in [2.24, 2.45) is 5.73 Å². The van der Waals surface area contributed by atoms with Gasteiger partial charge in [0, 0.05) is 44.8 Å². The number of nitrogens with zero attached hydrogens (tertiary/aromatic N) is 1. The van der Waals surface area contributed by atoms with E-state index in [1.165, 1.54) is 12.1 Å². The van der Waals surface area contributed by atoms with Crippen molar-refractivity contribution in [3.8, 4) is 0 Å². The van der Waals surface area contributed by atoms with Crippen molar-refractivity contribution in [3.05, 3.63) is 35.4 Å². The smallest absolute Gasteiger partial charge is 0.129 e. The van der Waals surface area contributed by atoms with E-state index in [9.17, 15) is 8.78 Å². The summed E-state index contributed by atoms with van der Waals surface area (Å²) >= 11 is 0. The topological polar surface area (TPSA) is 38.5 Å². The van der Waals surface area contributed by atoms with Gasteiger partial charge in [-0.2, -0.15) is 0 Å². The van der Waals surface area contributed by atoms with E-state index in [-0.39, 0.29) is 36.8 Å². The Morgan fingerprint density at radius 1 is 1.30 bits per heavy atom. The molecule has 116 valence electrons. The Morgan fingerprint density at radius 3 is 2.60 bits per heavy atom. The van der Waals surface area contributed by atoms with Crippen LogP contribution in [0.1, 0.15) is 11.5 Å². The molecule has 0 aliphatic carbocycles. The second-order valence-corrected chi connectivity index (χ2v) is 4.69. The number of halogens is 4. The van der Waals surface area contributed by atoms with Gasteiger partial charge in [0.15, 0.2) is 0 Å². The summed E-state index contributed by atoms with van der Waals surface area (Å²) in [5.41, 5.74) is 6.54. The van der Waals surface area contributed by atoms with Gasteiger partial charge in [0.05, 0.1) is 6.61 Å². The molecule has 0 bridgehead atoms. The van der Waals surface area contributed by atoms with E-state index in [0.29, 0.717) is 25.3 Å². The van der Waals surface area contributed by atoms with Gasteiger partial charge in [0.2, 0.25) is 0 Å². The highest BCUT2D eigenvalue weighted by molar-refractivity contribution is 5.85. The number of hydrogen-bond acceptors (Lipinski definition) is 3. The molecular formula is C13H20Cl2F2N2O. The first-order valence-electron chi connectivity index (χ1n) is 6.03. The van der Waals surface area contributed by atoms with Gasteiger partial charge >= 0.3 is 0 Å².